The van der Waals surface area contributed by atoms with E-state index in [-0.39, 0.29) is 18.3 Å². The van der Waals surface area contributed by atoms with Crippen molar-refractivity contribution < 1.29 is 4.79 Å². The Bertz CT molecular complexity index is 123. The monoisotopic (exact) mass is 134 g/mol. The molecule has 0 spiro atoms. The van der Waals surface area contributed by atoms with Gasteiger partial charge in [-0.3, -0.25) is 4.79 Å². The van der Waals surface area contributed by atoms with Crippen molar-refractivity contribution in [3.8, 4) is 0 Å². The number of rotatable bonds is 0. The van der Waals surface area contributed by atoms with Crippen LogP contribution in [0.5, 0.6) is 0 Å². The van der Waals surface area contributed by atoms with Crippen LogP contribution >= 0.6 is 12.4 Å². The highest BCUT2D eigenvalue weighted by Crippen LogP contribution is 1.95. The summed E-state index contributed by atoms with van der Waals surface area (Å²) in [4.78, 5) is 10.4. The third-order valence-electron chi connectivity index (χ3n) is 0.882. The van der Waals surface area contributed by atoms with E-state index in [1.807, 2.05) is 0 Å². The molecule has 0 bridgehead atoms. The summed E-state index contributed by atoms with van der Waals surface area (Å²) in [6.07, 6.45) is 2.07. The number of hydrogen-bond donors (Lipinski definition) is 0. The van der Waals surface area contributed by atoms with E-state index in [1.165, 1.54) is 5.01 Å². The van der Waals surface area contributed by atoms with Crippen LogP contribution in [0.2, 0.25) is 0 Å². The lowest BCUT2D eigenvalue weighted by Gasteiger charge is -1.98. The van der Waals surface area contributed by atoms with Gasteiger partial charge in [-0.2, -0.15) is 5.10 Å². The van der Waals surface area contributed by atoms with Crippen LogP contribution in [-0.4, -0.2) is 24.2 Å². The van der Waals surface area contributed by atoms with Gasteiger partial charge in [0, 0.05) is 13.3 Å². The average molecular weight is 135 g/mol. The van der Waals surface area contributed by atoms with Crippen molar-refractivity contribution in [2.45, 2.75) is 6.42 Å². The van der Waals surface area contributed by atoms with E-state index in [2.05, 4.69) is 5.10 Å². The van der Waals surface area contributed by atoms with Crippen molar-refractivity contribution in [2.75, 3.05) is 7.05 Å². The van der Waals surface area contributed by atoms with Gasteiger partial charge in [-0.15, -0.1) is 12.4 Å². The first-order valence-electron chi connectivity index (χ1n) is 2.09. The Morgan fingerprint density at radius 3 is 2.62 bits per heavy atom. The van der Waals surface area contributed by atoms with E-state index in [9.17, 15) is 4.79 Å². The molecular weight excluding hydrogens is 128 g/mol. The van der Waals surface area contributed by atoms with E-state index < -0.39 is 0 Å². The third kappa shape index (κ3) is 1.20. The average Bonchev–Trinajstić information content (AvgIpc) is 1.91. The smallest absolute Gasteiger partial charge is 0.247 e. The molecule has 0 N–H and O–H groups in total. The van der Waals surface area contributed by atoms with Gasteiger partial charge < -0.3 is 0 Å². The fraction of sp³-hybridized carbons (Fsp3) is 0.500. The highest BCUT2D eigenvalue weighted by Gasteiger charge is 2.09. The van der Waals surface area contributed by atoms with Gasteiger partial charge >= 0.3 is 0 Å². The molecule has 0 radical (unpaired) electrons. The van der Waals surface area contributed by atoms with Gasteiger partial charge in [0.1, 0.15) is 0 Å². The number of amides is 1. The van der Waals surface area contributed by atoms with Crippen molar-refractivity contribution in [3.63, 3.8) is 0 Å². The molecule has 1 rings (SSSR count). The molecule has 0 fully saturated rings. The molecule has 1 aliphatic heterocycles. The number of halogens is 1. The van der Waals surface area contributed by atoms with Gasteiger partial charge in [-0.25, -0.2) is 5.01 Å². The van der Waals surface area contributed by atoms with Crippen molar-refractivity contribution in [3.05, 3.63) is 0 Å². The van der Waals surface area contributed by atoms with Crippen LogP contribution in [0.3, 0.4) is 0 Å². The normalized spacial score (nSPS) is 16.6. The van der Waals surface area contributed by atoms with Crippen LogP contribution in [0.4, 0.5) is 0 Å². The van der Waals surface area contributed by atoms with E-state index in [0.717, 1.165) is 0 Å². The van der Waals surface area contributed by atoms with Gasteiger partial charge in [0.2, 0.25) is 5.91 Å². The number of hydrazone groups is 1. The molecule has 8 heavy (non-hydrogen) atoms. The first kappa shape index (κ1) is 7.43. The summed E-state index contributed by atoms with van der Waals surface area (Å²) < 4.78 is 0. The first-order valence-corrected chi connectivity index (χ1v) is 2.09. The summed E-state index contributed by atoms with van der Waals surface area (Å²) in [7, 11) is 1.64. The molecule has 1 aliphatic rings. The Hall–Kier alpha value is -0.570. The topological polar surface area (TPSA) is 32.7 Å². The Morgan fingerprint density at radius 1 is 1.88 bits per heavy atom. The second kappa shape index (κ2) is 2.67. The first-order chi connectivity index (χ1) is 3.30. The second-order valence-electron chi connectivity index (χ2n) is 1.42. The SMILES string of the molecule is CN1N=CCC1=O.Cl. The summed E-state index contributed by atoms with van der Waals surface area (Å²) in [5.41, 5.74) is 0. The predicted molar refractivity (Wildman–Crippen MR) is 33.1 cm³/mol. The molecule has 0 aromatic carbocycles. The molecular formula is C4H7ClN2O. The standard InChI is InChI=1S/C4H6N2O.ClH/c1-6-4(7)2-3-5-6;/h3H,2H2,1H3;1H. The van der Waals surface area contributed by atoms with Gasteiger partial charge in [0.25, 0.3) is 0 Å². The predicted octanol–water partition coefficient (Wildman–Crippen LogP) is 0.256. The summed E-state index contributed by atoms with van der Waals surface area (Å²) in [6, 6.07) is 0. The summed E-state index contributed by atoms with van der Waals surface area (Å²) >= 11 is 0. The lowest BCUT2D eigenvalue weighted by molar-refractivity contribution is -0.127. The molecule has 0 unspecified atom stereocenters. The zero-order valence-electron chi connectivity index (χ0n) is 4.50. The molecule has 3 nitrogen and oxygen atoms in total. The maximum atomic E-state index is 10.4. The number of hydrogen-bond acceptors (Lipinski definition) is 2. The Balaban J connectivity index is 0.000000490. The zero-order chi connectivity index (χ0) is 5.28. The van der Waals surface area contributed by atoms with E-state index in [1.54, 1.807) is 13.3 Å². The molecule has 0 aromatic rings. The van der Waals surface area contributed by atoms with Gasteiger partial charge in [-0.1, -0.05) is 0 Å². The molecule has 0 saturated heterocycles. The highest BCUT2D eigenvalue weighted by molar-refractivity contribution is 5.93. The number of nitrogens with zero attached hydrogens (tertiary/aromatic N) is 2. The summed E-state index contributed by atoms with van der Waals surface area (Å²) in [5.74, 6) is 0.0694. The summed E-state index contributed by atoms with van der Waals surface area (Å²) in [6.45, 7) is 0. The lowest BCUT2D eigenvalue weighted by atomic mass is 10.5. The Kier molecular flexibility index (Phi) is 2.48. The molecule has 0 aromatic heterocycles. The van der Waals surface area contributed by atoms with E-state index in [0.29, 0.717) is 6.42 Å². The molecule has 1 amide bonds. The fourth-order valence-electron chi connectivity index (χ4n) is 0.438. The van der Waals surface area contributed by atoms with Crippen LogP contribution in [0, 0.1) is 0 Å². The Labute approximate surface area is 53.8 Å². The van der Waals surface area contributed by atoms with Gasteiger partial charge in [0.15, 0.2) is 0 Å². The quantitative estimate of drug-likeness (QED) is 0.468. The summed E-state index contributed by atoms with van der Waals surface area (Å²) in [5, 5.41) is 5.01. The lowest BCUT2D eigenvalue weighted by Crippen LogP contribution is -2.13. The maximum absolute atomic E-state index is 10.4. The molecule has 1 heterocycles. The van der Waals surface area contributed by atoms with E-state index >= 15 is 0 Å². The van der Waals surface area contributed by atoms with Crippen molar-refractivity contribution >= 4 is 24.5 Å². The minimum absolute atomic E-state index is 0. The van der Waals surface area contributed by atoms with Crippen LogP contribution in [0.25, 0.3) is 0 Å². The van der Waals surface area contributed by atoms with E-state index in [4.69, 9.17) is 0 Å². The fourth-order valence-corrected chi connectivity index (χ4v) is 0.438. The van der Waals surface area contributed by atoms with Crippen LogP contribution in [-0.2, 0) is 4.79 Å². The highest BCUT2D eigenvalue weighted by atomic mass is 35.5. The minimum Gasteiger partial charge on any atom is -0.273 e. The third-order valence-corrected chi connectivity index (χ3v) is 0.882. The van der Waals surface area contributed by atoms with Crippen LogP contribution in [0.1, 0.15) is 6.42 Å². The molecule has 0 aliphatic carbocycles. The Morgan fingerprint density at radius 2 is 2.50 bits per heavy atom. The minimum atomic E-state index is 0. The van der Waals surface area contributed by atoms with Crippen LogP contribution in [0.15, 0.2) is 5.10 Å². The maximum Gasteiger partial charge on any atom is 0.247 e. The van der Waals surface area contributed by atoms with Crippen molar-refractivity contribution in [2.24, 2.45) is 5.10 Å². The largest absolute Gasteiger partial charge is 0.273 e. The molecule has 4 heteroatoms. The number of carbonyl (C=O) groups excluding carboxylic acids is 1. The van der Waals surface area contributed by atoms with Gasteiger partial charge in [0.05, 0.1) is 6.42 Å². The molecule has 0 atom stereocenters. The molecule has 46 valence electrons. The molecule has 0 saturated carbocycles. The zero-order valence-corrected chi connectivity index (χ0v) is 5.31. The van der Waals surface area contributed by atoms with Gasteiger partial charge in [-0.05, 0) is 0 Å². The van der Waals surface area contributed by atoms with Crippen LogP contribution < -0.4 is 0 Å². The second-order valence-corrected chi connectivity index (χ2v) is 1.42. The number of carbonyl (C=O) groups is 1. The van der Waals surface area contributed by atoms with Crippen molar-refractivity contribution in [1.82, 2.24) is 5.01 Å². The van der Waals surface area contributed by atoms with Crippen molar-refractivity contribution in [1.29, 1.82) is 0 Å².